The number of carbonyl (C=O) groups excluding carboxylic acids is 1. The third-order valence-electron chi connectivity index (χ3n) is 3.06. The van der Waals surface area contributed by atoms with Gasteiger partial charge in [0.1, 0.15) is 5.41 Å². The van der Waals surface area contributed by atoms with E-state index < -0.39 is 5.41 Å². The number of hydrogen-bond donors (Lipinski definition) is 0. The monoisotopic (exact) mass is 209 g/mol. The van der Waals surface area contributed by atoms with E-state index in [1.54, 1.807) is 11.9 Å². The molecule has 4 heteroatoms. The quantitative estimate of drug-likeness (QED) is 0.684. The predicted molar refractivity (Wildman–Crippen MR) is 58.1 cm³/mol. The maximum absolute atomic E-state index is 12.0. The number of hydrogen-bond acceptors (Lipinski definition) is 3. The zero-order valence-corrected chi connectivity index (χ0v) is 9.79. The van der Waals surface area contributed by atoms with Gasteiger partial charge in [-0.2, -0.15) is 5.26 Å². The van der Waals surface area contributed by atoms with E-state index in [0.717, 1.165) is 25.8 Å². The predicted octanol–water partition coefficient (Wildman–Crippen LogP) is 0.700. The van der Waals surface area contributed by atoms with Crippen LogP contribution in [0.25, 0.3) is 0 Å². The standard InChI is InChI=1S/C11H19N3O/c1-13(2)7-8-14(3)10(15)11(9-12)5-4-6-11/h4-8H2,1-3H3. The molecule has 15 heavy (non-hydrogen) atoms. The summed E-state index contributed by atoms with van der Waals surface area (Å²) < 4.78 is 0. The molecule has 0 saturated heterocycles. The van der Waals surface area contributed by atoms with Crippen molar-refractivity contribution >= 4 is 5.91 Å². The van der Waals surface area contributed by atoms with Gasteiger partial charge in [0.05, 0.1) is 6.07 Å². The molecule has 0 aliphatic heterocycles. The summed E-state index contributed by atoms with van der Waals surface area (Å²) in [4.78, 5) is 15.7. The fourth-order valence-electron chi connectivity index (χ4n) is 1.72. The Morgan fingerprint density at radius 1 is 1.33 bits per heavy atom. The minimum Gasteiger partial charge on any atom is -0.343 e. The highest BCUT2D eigenvalue weighted by atomic mass is 16.2. The summed E-state index contributed by atoms with van der Waals surface area (Å²) in [6.45, 7) is 1.53. The van der Waals surface area contributed by atoms with Gasteiger partial charge in [-0.3, -0.25) is 4.79 Å². The molecule has 0 bridgehead atoms. The maximum atomic E-state index is 12.0. The summed E-state index contributed by atoms with van der Waals surface area (Å²) >= 11 is 0. The molecule has 1 saturated carbocycles. The van der Waals surface area contributed by atoms with E-state index >= 15 is 0 Å². The molecule has 0 radical (unpaired) electrons. The molecule has 0 aromatic heterocycles. The molecule has 4 nitrogen and oxygen atoms in total. The molecule has 1 fully saturated rings. The number of nitrogens with zero attached hydrogens (tertiary/aromatic N) is 3. The Bertz CT molecular complexity index is 276. The van der Waals surface area contributed by atoms with Crippen molar-refractivity contribution < 1.29 is 4.79 Å². The molecule has 1 amide bonds. The lowest BCUT2D eigenvalue weighted by molar-refractivity contribution is -0.141. The smallest absolute Gasteiger partial charge is 0.242 e. The van der Waals surface area contributed by atoms with E-state index in [-0.39, 0.29) is 5.91 Å². The van der Waals surface area contributed by atoms with Crippen molar-refractivity contribution in [3.05, 3.63) is 0 Å². The summed E-state index contributed by atoms with van der Waals surface area (Å²) in [5, 5.41) is 9.03. The molecule has 84 valence electrons. The van der Waals surface area contributed by atoms with Gasteiger partial charge in [-0.1, -0.05) is 0 Å². The van der Waals surface area contributed by atoms with Gasteiger partial charge in [0.2, 0.25) is 5.91 Å². The number of carbonyl (C=O) groups is 1. The lowest BCUT2D eigenvalue weighted by Gasteiger charge is -2.37. The van der Waals surface area contributed by atoms with E-state index in [1.807, 2.05) is 19.0 Å². The second kappa shape index (κ2) is 4.63. The van der Waals surface area contributed by atoms with E-state index in [1.165, 1.54) is 0 Å². The van der Waals surface area contributed by atoms with Crippen LogP contribution in [0.2, 0.25) is 0 Å². The highest BCUT2D eigenvalue weighted by molar-refractivity contribution is 5.86. The first-order valence-corrected chi connectivity index (χ1v) is 5.33. The van der Waals surface area contributed by atoms with Crippen LogP contribution in [0.3, 0.4) is 0 Å². The van der Waals surface area contributed by atoms with Crippen molar-refractivity contribution in [1.82, 2.24) is 9.80 Å². The lowest BCUT2D eigenvalue weighted by Crippen LogP contribution is -2.47. The lowest BCUT2D eigenvalue weighted by atomic mass is 9.69. The number of nitriles is 1. The molecule has 0 unspecified atom stereocenters. The van der Waals surface area contributed by atoms with Crippen LogP contribution in [0.4, 0.5) is 0 Å². The fourth-order valence-corrected chi connectivity index (χ4v) is 1.72. The Morgan fingerprint density at radius 3 is 2.27 bits per heavy atom. The fraction of sp³-hybridized carbons (Fsp3) is 0.818. The van der Waals surface area contributed by atoms with E-state index in [0.29, 0.717) is 6.54 Å². The molecule has 0 N–H and O–H groups in total. The van der Waals surface area contributed by atoms with Crippen molar-refractivity contribution in [2.45, 2.75) is 19.3 Å². The molecule has 1 aliphatic carbocycles. The highest BCUT2D eigenvalue weighted by Crippen LogP contribution is 2.41. The Hall–Kier alpha value is -1.08. The van der Waals surface area contributed by atoms with Crippen LogP contribution in [-0.2, 0) is 4.79 Å². The summed E-state index contributed by atoms with van der Waals surface area (Å²) in [6.07, 6.45) is 2.46. The van der Waals surface area contributed by atoms with Gasteiger partial charge < -0.3 is 9.80 Å². The molecule has 0 heterocycles. The Kier molecular flexibility index (Phi) is 3.70. The van der Waals surface area contributed by atoms with Gasteiger partial charge in [0, 0.05) is 20.1 Å². The number of rotatable bonds is 4. The van der Waals surface area contributed by atoms with Gasteiger partial charge in [-0.15, -0.1) is 0 Å². The van der Waals surface area contributed by atoms with Crippen molar-refractivity contribution in [2.75, 3.05) is 34.2 Å². The van der Waals surface area contributed by atoms with Gasteiger partial charge in [-0.25, -0.2) is 0 Å². The maximum Gasteiger partial charge on any atom is 0.242 e. The third-order valence-corrected chi connectivity index (χ3v) is 3.06. The van der Waals surface area contributed by atoms with E-state index in [2.05, 4.69) is 6.07 Å². The van der Waals surface area contributed by atoms with Crippen LogP contribution >= 0.6 is 0 Å². The largest absolute Gasteiger partial charge is 0.343 e. The molecule has 0 aromatic rings. The SMILES string of the molecule is CN(C)CCN(C)C(=O)C1(C#N)CCC1. The molecule has 0 atom stereocenters. The van der Waals surface area contributed by atoms with Crippen molar-refractivity contribution in [3.63, 3.8) is 0 Å². The van der Waals surface area contributed by atoms with Gasteiger partial charge in [-0.05, 0) is 33.4 Å². The summed E-state index contributed by atoms with van der Waals surface area (Å²) in [5.74, 6) is -0.00176. The first kappa shape index (κ1) is 12.0. The Morgan fingerprint density at radius 2 is 1.93 bits per heavy atom. The van der Waals surface area contributed by atoms with Gasteiger partial charge in [0.15, 0.2) is 0 Å². The molecular weight excluding hydrogens is 190 g/mol. The molecule has 1 rings (SSSR count). The average molecular weight is 209 g/mol. The number of likely N-dealkylation sites (N-methyl/N-ethyl adjacent to an activating group) is 2. The van der Waals surface area contributed by atoms with Crippen LogP contribution in [0, 0.1) is 16.7 Å². The zero-order chi connectivity index (χ0) is 11.5. The minimum absolute atomic E-state index is 0.00176. The summed E-state index contributed by atoms with van der Waals surface area (Å²) in [6, 6.07) is 2.18. The Labute approximate surface area is 91.5 Å². The Balaban J connectivity index is 2.49. The van der Waals surface area contributed by atoms with Crippen molar-refractivity contribution in [3.8, 4) is 6.07 Å². The minimum atomic E-state index is -0.693. The normalized spacial score (nSPS) is 18.1. The number of amides is 1. The van der Waals surface area contributed by atoms with Crippen LogP contribution in [0.15, 0.2) is 0 Å². The van der Waals surface area contributed by atoms with Crippen molar-refractivity contribution in [1.29, 1.82) is 5.26 Å². The van der Waals surface area contributed by atoms with E-state index in [4.69, 9.17) is 5.26 Å². The van der Waals surface area contributed by atoms with Crippen LogP contribution < -0.4 is 0 Å². The zero-order valence-electron chi connectivity index (χ0n) is 9.79. The van der Waals surface area contributed by atoms with Crippen LogP contribution in [0.1, 0.15) is 19.3 Å². The second-order valence-electron chi connectivity index (χ2n) is 4.58. The first-order valence-electron chi connectivity index (χ1n) is 5.33. The van der Waals surface area contributed by atoms with E-state index in [9.17, 15) is 4.79 Å². The third kappa shape index (κ3) is 2.48. The van der Waals surface area contributed by atoms with Gasteiger partial charge >= 0.3 is 0 Å². The van der Waals surface area contributed by atoms with Crippen molar-refractivity contribution in [2.24, 2.45) is 5.41 Å². The molecule has 0 spiro atoms. The molecule has 0 aromatic carbocycles. The summed E-state index contributed by atoms with van der Waals surface area (Å²) in [7, 11) is 5.73. The molecular formula is C11H19N3O. The second-order valence-corrected chi connectivity index (χ2v) is 4.58. The van der Waals surface area contributed by atoms with Crippen LogP contribution in [-0.4, -0.2) is 49.9 Å². The average Bonchev–Trinajstić information content (AvgIpc) is 2.13. The van der Waals surface area contributed by atoms with Crippen LogP contribution in [0.5, 0.6) is 0 Å². The molecule has 1 aliphatic rings. The van der Waals surface area contributed by atoms with Gasteiger partial charge in [0.25, 0.3) is 0 Å². The topological polar surface area (TPSA) is 47.3 Å². The highest BCUT2D eigenvalue weighted by Gasteiger charge is 2.45. The summed E-state index contributed by atoms with van der Waals surface area (Å²) in [5.41, 5.74) is -0.693. The first-order chi connectivity index (χ1) is 7.02.